The standard InChI is InChI=1S/C9H19NOS/c1-8(11)9(2,3)12-7-5-6-10-4/h10H,5-7H2,1-4H3. The normalized spacial score (nSPS) is 11.7. The van der Waals surface area contributed by atoms with Gasteiger partial charge in [-0.1, -0.05) is 0 Å². The van der Waals surface area contributed by atoms with Crippen LogP contribution in [0.2, 0.25) is 0 Å². The van der Waals surface area contributed by atoms with Crippen molar-refractivity contribution in [1.82, 2.24) is 5.32 Å². The maximum atomic E-state index is 11.1. The topological polar surface area (TPSA) is 29.1 Å². The van der Waals surface area contributed by atoms with E-state index in [2.05, 4.69) is 5.32 Å². The van der Waals surface area contributed by atoms with Crippen LogP contribution in [0.3, 0.4) is 0 Å². The Morgan fingerprint density at radius 1 is 1.50 bits per heavy atom. The van der Waals surface area contributed by atoms with Gasteiger partial charge in [-0.3, -0.25) is 4.79 Å². The van der Waals surface area contributed by atoms with Crippen LogP contribution in [0.15, 0.2) is 0 Å². The summed E-state index contributed by atoms with van der Waals surface area (Å²) in [6.07, 6.45) is 1.12. The summed E-state index contributed by atoms with van der Waals surface area (Å²) in [5.74, 6) is 1.31. The van der Waals surface area contributed by atoms with Crippen molar-refractivity contribution in [3.8, 4) is 0 Å². The number of carbonyl (C=O) groups excluding carboxylic acids is 1. The molecule has 0 aliphatic carbocycles. The number of thioether (sulfide) groups is 1. The van der Waals surface area contributed by atoms with Crippen molar-refractivity contribution < 1.29 is 4.79 Å². The first-order valence-electron chi connectivity index (χ1n) is 4.30. The second-order valence-corrected chi connectivity index (χ2v) is 5.09. The van der Waals surface area contributed by atoms with Crippen molar-refractivity contribution in [3.63, 3.8) is 0 Å². The van der Waals surface area contributed by atoms with Gasteiger partial charge >= 0.3 is 0 Å². The highest BCUT2D eigenvalue weighted by Crippen LogP contribution is 2.25. The van der Waals surface area contributed by atoms with Crippen LogP contribution in [0.4, 0.5) is 0 Å². The van der Waals surface area contributed by atoms with Gasteiger partial charge in [0, 0.05) is 0 Å². The zero-order chi connectivity index (χ0) is 9.61. The van der Waals surface area contributed by atoms with Gasteiger partial charge in [0.1, 0.15) is 5.78 Å². The summed E-state index contributed by atoms with van der Waals surface area (Å²) in [4.78, 5) is 11.1. The summed E-state index contributed by atoms with van der Waals surface area (Å²) in [7, 11) is 1.95. The minimum atomic E-state index is -0.201. The number of Topliss-reactive ketones (excluding diaryl/α,β-unsaturated/α-hetero) is 1. The Labute approximate surface area is 79.5 Å². The number of nitrogens with one attached hydrogen (secondary N) is 1. The van der Waals surface area contributed by atoms with E-state index in [1.54, 1.807) is 18.7 Å². The van der Waals surface area contributed by atoms with E-state index in [0.29, 0.717) is 0 Å². The molecule has 3 heteroatoms. The molecule has 0 aromatic heterocycles. The predicted molar refractivity (Wildman–Crippen MR) is 55.8 cm³/mol. The molecular weight excluding hydrogens is 170 g/mol. The third-order valence-corrected chi connectivity index (χ3v) is 3.38. The van der Waals surface area contributed by atoms with E-state index in [-0.39, 0.29) is 10.5 Å². The fourth-order valence-corrected chi connectivity index (χ4v) is 1.68. The van der Waals surface area contributed by atoms with Crippen LogP contribution in [0.5, 0.6) is 0 Å². The molecular formula is C9H19NOS. The summed E-state index contributed by atoms with van der Waals surface area (Å²) in [5.41, 5.74) is 0. The molecule has 0 heterocycles. The number of ketones is 1. The van der Waals surface area contributed by atoms with E-state index in [1.165, 1.54) is 0 Å². The SMILES string of the molecule is CNCCCSC(C)(C)C(C)=O. The fourth-order valence-electron chi connectivity index (χ4n) is 0.678. The van der Waals surface area contributed by atoms with Gasteiger partial charge in [-0.05, 0) is 46.5 Å². The first-order chi connectivity index (χ1) is 5.50. The molecule has 0 aliphatic heterocycles. The quantitative estimate of drug-likeness (QED) is 0.645. The fraction of sp³-hybridized carbons (Fsp3) is 0.889. The van der Waals surface area contributed by atoms with Gasteiger partial charge in [-0.2, -0.15) is 0 Å². The van der Waals surface area contributed by atoms with E-state index in [4.69, 9.17) is 0 Å². The first kappa shape index (κ1) is 12.0. The van der Waals surface area contributed by atoms with E-state index >= 15 is 0 Å². The van der Waals surface area contributed by atoms with Crippen molar-refractivity contribution >= 4 is 17.5 Å². The molecule has 0 aromatic rings. The molecule has 2 nitrogen and oxygen atoms in total. The molecule has 0 aromatic carbocycles. The molecule has 0 saturated heterocycles. The average molecular weight is 189 g/mol. The summed E-state index contributed by atoms with van der Waals surface area (Å²) in [6, 6.07) is 0. The van der Waals surface area contributed by atoms with Crippen LogP contribution in [-0.4, -0.2) is 29.9 Å². The molecule has 0 bridgehead atoms. The molecule has 0 aliphatic rings. The second-order valence-electron chi connectivity index (χ2n) is 3.37. The van der Waals surface area contributed by atoms with Gasteiger partial charge in [0.25, 0.3) is 0 Å². The Balaban J connectivity index is 3.54. The molecule has 0 rings (SSSR count). The molecule has 0 fully saturated rings. The second kappa shape index (κ2) is 5.60. The van der Waals surface area contributed by atoms with Crippen molar-refractivity contribution in [1.29, 1.82) is 0 Å². The van der Waals surface area contributed by atoms with Gasteiger partial charge in [0.2, 0.25) is 0 Å². The monoisotopic (exact) mass is 189 g/mol. The van der Waals surface area contributed by atoms with E-state index in [9.17, 15) is 4.79 Å². The minimum Gasteiger partial charge on any atom is -0.320 e. The molecule has 0 radical (unpaired) electrons. The third kappa shape index (κ3) is 4.78. The van der Waals surface area contributed by atoms with Crippen LogP contribution in [0.1, 0.15) is 27.2 Å². The molecule has 1 N–H and O–H groups in total. The highest BCUT2D eigenvalue weighted by molar-refractivity contribution is 8.01. The Morgan fingerprint density at radius 3 is 2.50 bits per heavy atom. The van der Waals surface area contributed by atoms with Crippen LogP contribution in [0, 0.1) is 0 Å². The Morgan fingerprint density at radius 2 is 2.08 bits per heavy atom. The van der Waals surface area contributed by atoms with E-state index < -0.39 is 0 Å². The summed E-state index contributed by atoms with van der Waals surface area (Å²) >= 11 is 1.74. The van der Waals surface area contributed by atoms with Crippen LogP contribution < -0.4 is 5.32 Å². The minimum absolute atomic E-state index is 0.201. The van der Waals surface area contributed by atoms with Crippen LogP contribution in [0.25, 0.3) is 0 Å². The van der Waals surface area contributed by atoms with E-state index in [0.717, 1.165) is 18.7 Å². The zero-order valence-electron chi connectivity index (χ0n) is 8.44. The number of carbonyl (C=O) groups is 1. The van der Waals surface area contributed by atoms with Crippen LogP contribution >= 0.6 is 11.8 Å². The summed E-state index contributed by atoms with van der Waals surface area (Å²) in [5, 5.41) is 3.08. The molecule has 0 atom stereocenters. The van der Waals surface area contributed by atoms with Gasteiger partial charge in [0.15, 0.2) is 0 Å². The van der Waals surface area contributed by atoms with Crippen molar-refractivity contribution in [3.05, 3.63) is 0 Å². The van der Waals surface area contributed by atoms with Crippen molar-refractivity contribution in [2.24, 2.45) is 0 Å². The summed E-state index contributed by atoms with van der Waals surface area (Å²) < 4.78 is -0.201. The predicted octanol–water partition coefficient (Wildman–Crippen LogP) is 1.70. The molecule has 0 amide bonds. The zero-order valence-corrected chi connectivity index (χ0v) is 9.25. The molecule has 0 spiro atoms. The van der Waals surface area contributed by atoms with E-state index in [1.807, 2.05) is 20.9 Å². The largest absolute Gasteiger partial charge is 0.320 e. The van der Waals surface area contributed by atoms with Gasteiger partial charge in [-0.25, -0.2) is 0 Å². The lowest BCUT2D eigenvalue weighted by molar-refractivity contribution is -0.118. The Kier molecular flexibility index (Phi) is 5.59. The number of hydrogen-bond acceptors (Lipinski definition) is 3. The first-order valence-corrected chi connectivity index (χ1v) is 5.29. The van der Waals surface area contributed by atoms with Crippen molar-refractivity contribution in [2.45, 2.75) is 31.9 Å². The average Bonchev–Trinajstić information content (AvgIpc) is 1.98. The maximum Gasteiger partial charge on any atom is 0.145 e. The molecule has 72 valence electrons. The highest BCUT2D eigenvalue weighted by Gasteiger charge is 2.23. The highest BCUT2D eigenvalue weighted by atomic mass is 32.2. The Bertz CT molecular complexity index is 145. The van der Waals surface area contributed by atoms with Gasteiger partial charge < -0.3 is 5.32 Å². The Hall–Kier alpha value is -0.0200. The summed E-state index contributed by atoms with van der Waals surface area (Å²) in [6.45, 7) is 6.66. The third-order valence-electron chi connectivity index (χ3n) is 1.88. The number of rotatable bonds is 6. The molecule has 0 unspecified atom stereocenters. The van der Waals surface area contributed by atoms with Crippen molar-refractivity contribution in [2.75, 3.05) is 19.3 Å². The molecule has 12 heavy (non-hydrogen) atoms. The lowest BCUT2D eigenvalue weighted by Gasteiger charge is -2.19. The maximum absolute atomic E-state index is 11.1. The smallest absolute Gasteiger partial charge is 0.145 e. The van der Waals surface area contributed by atoms with Gasteiger partial charge in [0.05, 0.1) is 4.75 Å². The number of hydrogen-bond donors (Lipinski definition) is 1. The molecule has 0 saturated carbocycles. The lowest BCUT2D eigenvalue weighted by atomic mass is 10.1. The lowest BCUT2D eigenvalue weighted by Crippen LogP contribution is -2.25. The van der Waals surface area contributed by atoms with Crippen LogP contribution in [-0.2, 0) is 4.79 Å². The van der Waals surface area contributed by atoms with Gasteiger partial charge in [-0.15, -0.1) is 11.8 Å².